The number of benzene rings is 1. The Labute approximate surface area is 183 Å². The van der Waals surface area contributed by atoms with Crippen molar-refractivity contribution in [2.75, 3.05) is 10.6 Å². The Morgan fingerprint density at radius 3 is 2.58 bits per heavy atom. The van der Waals surface area contributed by atoms with Crippen LogP contribution in [0.1, 0.15) is 63.3 Å². The van der Waals surface area contributed by atoms with Gasteiger partial charge in [0, 0.05) is 30.5 Å². The van der Waals surface area contributed by atoms with Gasteiger partial charge in [0.2, 0.25) is 11.8 Å². The van der Waals surface area contributed by atoms with Gasteiger partial charge in [-0.3, -0.25) is 9.59 Å². The summed E-state index contributed by atoms with van der Waals surface area (Å²) >= 11 is 0. The second-order valence-electron chi connectivity index (χ2n) is 9.12. The molecule has 2 fully saturated rings. The molecule has 3 N–H and O–H groups in total. The van der Waals surface area contributed by atoms with E-state index in [0.29, 0.717) is 18.9 Å². The van der Waals surface area contributed by atoms with Gasteiger partial charge in [0.25, 0.3) is 0 Å². The fraction of sp³-hybridized carbons (Fsp3) is 0.542. The zero-order valence-corrected chi connectivity index (χ0v) is 18.6. The van der Waals surface area contributed by atoms with E-state index < -0.39 is 0 Å². The summed E-state index contributed by atoms with van der Waals surface area (Å²) < 4.78 is 5.34. The van der Waals surface area contributed by atoms with Crippen LogP contribution >= 0.6 is 0 Å². The third-order valence-electron chi connectivity index (χ3n) is 6.51. The van der Waals surface area contributed by atoms with Crippen LogP contribution in [0.4, 0.5) is 11.4 Å². The molecule has 1 aromatic heterocycles. The topological polar surface area (TPSA) is 96.3 Å². The Hall–Kier alpha value is -2.83. The first kappa shape index (κ1) is 21.4. The highest BCUT2D eigenvalue weighted by Crippen LogP contribution is 2.35. The number of aromatic nitrogens is 1. The van der Waals surface area contributed by atoms with Crippen LogP contribution in [0.2, 0.25) is 0 Å². The molecule has 4 rings (SSSR count). The molecule has 0 spiro atoms. The first-order chi connectivity index (χ1) is 14.9. The predicted octanol–water partition coefficient (Wildman–Crippen LogP) is 4.56. The summed E-state index contributed by atoms with van der Waals surface area (Å²) in [6.07, 6.45) is 6.18. The third-order valence-corrected chi connectivity index (χ3v) is 6.51. The molecule has 2 aliphatic rings. The van der Waals surface area contributed by atoms with Crippen molar-refractivity contribution in [2.24, 2.45) is 5.92 Å². The SMILES string of the molecule is Cc1noc(C)c1-c1ccc(NC2CCC(C)CC2)c(NC(=O)C[C@@H]2CCC(=O)N2)c1. The molecule has 2 heterocycles. The number of hydrogen-bond donors (Lipinski definition) is 3. The van der Waals surface area contributed by atoms with E-state index in [9.17, 15) is 9.59 Å². The van der Waals surface area contributed by atoms with Crippen molar-refractivity contribution >= 4 is 23.2 Å². The summed E-state index contributed by atoms with van der Waals surface area (Å²) in [5, 5.41) is 13.7. The molecule has 1 saturated heterocycles. The molecule has 1 aromatic carbocycles. The van der Waals surface area contributed by atoms with Gasteiger partial charge in [-0.1, -0.05) is 18.1 Å². The van der Waals surface area contributed by atoms with Crippen LogP contribution in [0.5, 0.6) is 0 Å². The van der Waals surface area contributed by atoms with Crippen molar-refractivity contribution in [3.8, 4) is 11.1 Å². The smallest absolute Gasteiger partial charge is 0.226 e. The van der Waals surface area contributed by atoms with Crippen LogP contribution in [0.3, 0.4) is 0 Å². The molecule has 166 valence electrons. The van der Waals surface area contributed by atoms with E-state index in [0.717, 1.165) is 52.7 Å². The number of amides is 2. The number of nitrogens with one attached hydrogen (secondary N) is 3. The highest BCUT2D eigenvalue weighted by molar-refractivity contribution is 5.96. The second kappa shape index (κ2) is 9.12. The number of rotatable bonds is 6. The molecule has 0 bridgehead atoms. The Bertz CT molecular complexity index is 940. The zero-order valence-electron chi connectivity index (χ0n) is 18.6. The fourth-order valence-corrected chi connectivity index (χ4v) is 4.70. The van der Waals surface area contributed by atoms with Crippen molar-refractivity contribution in [1.29, 1.82) is 0 Å². The van der Waals surface area contributed by atoms with Crippen LogP contribution in [-0.4, -0.2) is 29.1 Å². The quantitative estimate of drug-likeness (QED) is 0.632. The van der Waals surface area contributed by atoms with E-state index in [1.54, 1.807) is 0 Å². The molecule has 7 heteroatoms. The van der Waals surface area contributed by atoms with Gasteiger partial charge >= 0.3 is 0 Å². The number of nitrogens with zero attached hydrogens (tertiary/aromatic N) is 1. The van der Waals surface area contributed by atoms with E-state index in [2.05, 4.69) is 28.0 Å². The Morgan fingerprint density at radius 2 is 1.94 bits per heavy atom. The third kappa shape index (κ3) is 5.09. The first-order valence-electron chi connectivity index (χ1n) is 11.3. The average Bonchev–Trinajstić information content (AvgIpc) is 3.29. The Kier molecular flexibility index (Phi) is 6.30. The molecule has 2 aromatic rings. The van der Waals surface area contributed by atoms with Crippen LogP contribution in [0, 0.1) is 19.8 Å². The summed E-state index contributed by atoms with van der Waals surface area (Å²) in [6, 6.07) is 6.39. The number of hydrogen-bond acceptors (Lipinski definition) is 5. The Morgan fingerprint density at radius 1 is 1.16 bits per heavy atom. The van der Waals surface area contributed by atoms with Gasteiger partial charge in [-0.25, -0.2) is 0 Å². The minimum Gasteiger partial charge on any atom is -0.381 e. The van der Waals surface area contributed by atoms with Gasteiger partial charge in [0.15, 0.2) is 0 Å². The molecule has 7 nitrogen and oxygen atoms in total. The minimum absolute atomic E-state index is 0.0205. The van der Waals surface area contributed by atoms with Crippen LogP contribution in [0.15, 0.2) is 22.7 Å². The summed E-state index contributed by atoms with van der Waals surface area (Å²) in [6.45, 7) is 6.12. The molecule has 1 aliphatic carbocycles. The molecule has 1 aliphatic heterocycles. The van der Waals surface area contributed by atoms with Crippen molar-refractivity contribution in [3.05, 3.63) is 29.7 Å². The highest BCUT2D eigenvalue weighted by atomic mass is 16.5. The van der Waals surface area contributed by atoms with Crippen LogP contribution in [-0.2, 0) is 9.59 Å². The lowest BCUT2D eigenvalue weighted by atomic mass is 9.87. The molecule has 2 amide bonds. The van der Waals surface area contributed by atoms with E-state index in [-0.39, 0.29) is 24.3 Å². The maximum Gasteiger partial charge on any atom is 0.226 e. The minimum atomic E-state index is -0.0940. The largest absolute Gasteiger partial charge is 0.381 e. The lowest BCUT2D eigenvalue weighted by molar-refractivity contribution is -0.119. The van der Waals surface area contributed by atoms with Gasteiger partial charge in [-0.15, -0.1) is 0 Å². The average molecular weight is 425 g/mol. The van der Waals surface area contributed by atoms with Gasteiger partial charge in [0.1, 0.15) is 5.76 Å². The monoisotopic (exact) mass is 424 g/mol. The summed E-state index contributed by atoms with van der Waals surface area (Å²) in [5.41, 5.74) is 4.43. The number of aryl methyl sites for hydroxylation is 2. The highest BCUT2D eigenvalue weighted by Gasteiger charge is 2.24. The predicted molar refractivity (Wildman–Crippen MR) is 121 cm³/mol. The summed E-state index contributed by atoms with van der Waals surface area (Å²) in [5.74, 6) is 1.46. The molecule has 31 heavy (non-hydrogen) atoms. The maximum atomic E-state index is 12.8. The van der Waals surface area contributed by atoms with E-state index in [1.807, 2.05) is 32.0 Å². The Balaban J connectivity index is 1.56. The van der Waals surface area contributed by atoms with Crippen molar-refractivity contribution < 1.29 is 14.1 Å². The molecule has 1 saturated carbocycles. The maximum absolute atomic E-state index is 12.8. The van der Waals surface area contributed by atoms with Gasteiger partial charge in [0.05, 0.1) is 17.1 Å². The number of carbonyl (C=O) groups excluding carboxylic acids is 2. The second-order valence-corrected chi connectivity index (χ2v) is 9.12. The molecule has 0 unspecified atom stereocenters. The van der Waals surface area contributed by atoms with Crippen molar-refractivity contribution in [2.45, 2.75) is 77.8 Å². The summed E-state index contributed by atoms with van der Waals surface area (Å²) in [4.78, 5) is 24.2. The molecular weight excluding hydrogens is 392 g/mol. The van der Waals surface area contributed by atoms with Gasteiger partial charge < -0.3 is 20.5 Å². The van der Waals surface area contributed by atoms with E-state index in [4.69, 9.17) is 4.52 Å². The lowest BCUT2D eigenvalue weighted by Gasteiger charge is -2.28. The van der Waals surface area contributed by atoms with Gasteiger partial charge in [-0.05, 0) is 69.6 Å². The van der Waals surface area contributed by atoms with Gasteiger partial charge in [-0.2, -0.15) is 0 Å². The number of carbonyl (C=O) groups is 2. The zero-order chi connectivity index (χ0) is 22.0. The molecule has 0 radical (unpaired) electrons. The summed E-state index contributed by atoms with van der Waals surface area (Å²) in [7, 11) is 0. The normalized spacial score (nSPS) is 23.5. The standard InChI is InChI=1S/C24H32N4O3/c1-14-4-7-18(8-5-14)25-20-10-6-17(24-15(2)28-31-16(24)3)12-21(20)27-23(30)13-19-9-11-22(29)26-19/h6,10,12,14,18-19,25H,4-5,7-9,11,13H2,1-3H3,(H,26,29)(H,27,30)/t14?,18?,19-/m0/s1. The van der Waals surface area contributed by atoms with Crippen molar-refractivity contribution in [3.63, 3.8) is 0 Å². The number of anilines is 2. The van der Waals surface area contributed by atoms with Crippen LogP contribution in [0.25, 0.3) is 11.1 Å². The molecule has 1 atom stereocenters. The first-order valence-corrected chi connectivity index (χ1v) is 11.3. The van der Waals surface area contributed by atoms with Crippen molar-refractivity contribution in [1.82, 2.24) is 10.5 Å². The van der Waals surface area contributed by atoms with E-state index >= 15 is 0 Å². The fourth-order valence-electron chi connectivity index (χ4n) is 4.70. The molecular formula is C24H32N4O3. The van der Waals surface area contributed by atoms with E-state index in [1.165, 1.54) is 12.8 Å². The van der Waals surface area contributed by atoms with Crippen LogP contribution < -0.4 is 16.0 Å². The lowest BCUT2D eigenvalue weighted by Crippen LogP contribution is -2.30.